The number of benzene rings is 1. The Morgan fingerprint density at radius 1 is 0.897 bits per heavy atom. The molecular formula is C24H31N3OS. The molecule has 0 radical (unpaired) electrons. The number of fused-ring (bicyclic) bond motifs is 1. The Morgan fingerprint density at radius 3 is 2.38 bits per heavy atom. The van der Waals surface area contributed by atoms with Crippen LogP contribution in [0.1, 0.15) is 46.5 Å². The van der Waals surface area contributed by atoms with E-state index in [1.807, 2.05) is 22.4 Å². The minimum absolute atomic E-state index is 0.189. The van der Waals surface area contributed by atoms with E-state index in [9.17, 15) is 4.79 Å². The Kier molecular flexibility index (Phi) is 5.60. The molecule has 3 aliphatic rings. The van der Waals surface area contributed by atoms with Crippen molar-refractivity contribution in [2.75, 3.05) is 44.2 Å². The number of carbonyl (C=O) groups excluding carboxylic acids is 1. The van der Waals surface area contributed by atoms with Crippen LogP contribution >= 0.6 is 11.3 Å². The van der Waals surface area contributed by atoms with Gasteiger partial charge in [-0.2, -0.15) is 0 Å². The zero-order valence-electron chi connectivity index (χ0n) is 17.2. The van der Waals surface area contributed by atoms with Gasteiger partial charge in [0.1, 0.15) is 0 Å². The van der Waals surface area contributed by atoms with Crippen LogP contribution in [0.3, 0.4) is 0 Å². The maximum atomic E-state index is 12.6. The van der Waals surface area contributed by atoms with Gasteiger partial charge in [0, 0.05) is 51.0 Å². The predicted octanol–water partition coefficient (Wildman–Crippen LogP) is 4.05. The SMILES string of the molecule is O=C(c1cccs1)N1CCN(c2ccc3c(c2)CCN(C2CCCC2)CC3)CC1. The van der Waals surface area contributed by atoms with Gasteiger partial charge < -0.3 is 9.80 Å². The lowest BCUT2D eigenvalue weighted by atomic mass is 10.0. The Labute approximate surface area is 178 Å². The van der Waals surface area contributed by atoms with Crippen molar-refractivity contribution in [3.05, 3.63) is 51.7 Å². The fourth-order valence-electron chi connectivity index (χ4n) is 5.28. The van der Waals surface area contributed by atoms with E-state index in [4.69, 9.17) is 0 Å². The maximum Gasteiger partial charge on any atom is 0.264 e. The average Bonchev–Trinajstić information content (AvgIpc) is 3.45. The lowest BCUT2D eigenvalue weighted by molar-refractivity contribution is 0.0751. The number of rotatable bonds is 3. The molecule has 1 aromatic heterocycles. The average molecular weight is 410 g/mol. The van der Waals surface area contributed by atoms with E-state index in [2.05, 4.69) is 28.0 Å². The smallest absolute Gasteiger partial charge is 0.264 e. The quantitative estimate of drug-likeness (QED) is 0.765. The van der Waals surface area contributed by atoms with Crippen molar-refractivity contribution < 1.29 is 4.79 Å². The highest BCUT2D eigenvalue weighted by atomic mass is 32.1. The summed E-state index contributed by atoms with van der Waals surface area (Å²) in [4.78, 5) is 20.7. The van der Waals surface area contributed by atoms with Crippen LogP contribution < -0.4 is 4.90 Å². The predicted molar refractivity (Wildman–Crippen MR) is 120 cm³/mol. The van der Waals surface area contributed by atoms with Crippen LogP contribution in [0.2, 0.25) is 0 Å². The first-order chi connectivity index (χ1) is 14.3. The Morgan fingerprint density at radius 2 is 1.66 bits per heavy atom. The molecule has 5 rings (SSSR count). The monoisotopic (exact) mass is 409 g/mol. The molecule has 0 spiro atoms. The Balaban J connectivity index is 1.22. The number of nitrogens with zero attached hydrogens (tertiary/aromatic N) is 3. The number of carbonyl (C=O) groups is 1. The molecule has 1 saturated carbocycles. The van der Waals surface area contributed by atoms with Gasteiger partial charge in [-0.05, 0) is 60.4 Å². The third-order valence-corrected chi connectivity index (χ3v) is 7.89. The molecule has 0 bridgehead atoms. The van der Waals surface area contributed by atoms with Crippen molar-refractivity contribution in [3.63, 3.8) is 0 Å². The number of amides is 1. The molecule has 4 nitrogen and oxygen atoms in total. The summed E-state index contributed by atoms with van der Waals surface area (Å²) in [5, 5.41) is 1.98. The molecule has 1 aliphatic carbocycles. The summed E-state index contributed by atoms with van der Waals surface area (Å²) in [6, 6.07) is 11.8. The van der Waals surface area contributed by atoms with Crippen LogP contribution in [0, 0.1) is 0 Å². The third kappa shape index (κ3) is 4.08. The number of thiophene rings is 1. The lowest BCUT2D eigenvalue weighted by Gasteiger charge is -2.36. The fourth-order valence-corrected chi connectivity index (χ4v) is 5.97. The largest absolute Gasteiger partial charge is 0.368 e. The number of anilines is 1. The standard InChI is InChI=1S/C24H31N3OS/c28-24(23-6-3-17-29-23)27-15-13-26(14-16-27)22-8-7-19-9-11-25(12-10-20(19)18-22)21-4-1-2-5-21/h3,6-8,17-18,21H,1-2,4-5,9-16H2. The van der Waals surface area contributed by atoms with Gasteiger partial charge in [0.2, 0.25) is 0 Å². The van der Waals surface area contributed by atoms with Crippen molar-refractivity contribution in [2.24, 2.45) is 0 Å². The molecular weight excluding hydrogens is 378 g/mol. The van der Waals surface area contributed by atoms with Crippen LogP contribution in [0.25, 0.3) is 0 Å². The second kappa shape index (κ2) is 8.49. The van der Waals surface area contributed by atoms with Crippen molar-refractivity contribution in [2.45, 2.75) is 44.6 Å². The molecule has 1 aromatic carbocycles. The molecule has 3 heterocycles. The summed E-state index contributed by atoms with van der Waals surface area (Å²) in [6.45, 7) is 5.89. The Hall–Kier alpha value is -1.85. The van der Waals surface area contributed by atoms with Gasteiger partial charge in [0.25, 0.3) is 5.91 Å². The number of piperazine rings is 1. The van der Waals surface area contributed by atoms with E-state index >= 15 is 0 Å². The van der Waals surface area contributed by atoms with E-state index < -0.39 is 0 Å². The summed E-state index contributed by atoms with van der Waals surface area (Å²) >= 11 is 1.54. The van der Waals surface area contributed by atoms with Crippen molar-refractivity contribution in [1.29, 1.82) is 0 Å². The van der Waals surface area contributed by atoms with Crippen LogP contribution in [-0.2, 0) is 12.8 Å². The second-order valence-corrected chi connectivity index (χ2v) is 9.63. The zero-order valence-corrected chi connectivity index (χ0v) is 18.0. The molecule has 5 heteroatoms. The van der Waals surface area contributed by atoms with Gasteiger partial charge >= 0.3 is 0 Å². The van der Waals surface area contributed by atoms with Gasteiger partial charge in [-0.3, -0.25) is 9.69 Å². The summed E-state index contributed by atoms with van der Waals surface area (Å²) in [7, 11) is 0. The van der Waals surface area contributed by atoms with E-state index in [1.165, 1.54) is 68.6 Å². The topological polar surface area (TPSA) is 26.8 Å². The minimum Gasteiger partial charge on any atom is -0.368 e. The highest BCUT2D eigenvalue weighted by molar-refractivity contribution is 7.12. The first-order valence-electron chi connectivity index (χ1n) is 11.2. The van der Waals surface area contributed by atoms with Crippen LogP contribution in [-0.4, -0.2) is 61.0 Å². The first-order valence-corrected chi connectivity index (χ1v) is 12.1. The number of hydrogen-bond donors (Lipinski definition) is 0. The summed E-state index contributed by atoms with van der Waals surface area (Å²) in [5.41, 5.74) is 4.42. The van der Waals surface area contributed by atoms with Crippen LogP contribution in [0.15, 0.2) is 35.7 Å². The van der Waals surface area contributed by atoms with Crippen LogP contribution in [0.5, 0.6) is 0 Å². The second-order valence-electron chi connectivity index (χ2n) is 8.68. The molecule has 154 valence electrons. The van der Waals surface area contributed by atoms with E-state index in [0.29, 0.717) is 0 Å². The normalized spacial score (nSPS) is 21.2. The zero-order chi connectivity index (χ0) is 19.6. The van der Waals surface area contributed by atoms with Crippen molar-refractivity contribution in [1.82, 2.24) is 9.80 Å². The maximum absolute atomic E-state index is 12.6. The lowest BCUT2D eigenvalue weighted by Crippen LogP contribution is -2.48. The fraction of sp³-hybridized carbons (Fsp3) is 0.542. The summed E-state index contributed by atoms with van der Waals surface area (Å²) in [6.07, 6.45) is 8.00. The van der Waals surface area contributed by atoms with E-state index in [-0.39, 0.29) is 5.91 Å². The highest BCUT2D eigenvalue weighted by Crippen LogP contribution is 2.28. The molecule has 2 fully saturated rings. The molecule has 0 N–H and O–H groups in total. The first kappa shape index (κ1) is 19.1. The van der Waals surface area contributed by atoms with Crippen molar-refractivity contribution >= 4 is 22.9 Å². The van der Waals surface area contributed by atoms with Crippen molar-refractivity contribution in [3.8, 4) is 0 Å². The molecule has 1 saturated heterocycles. The Bertz CT molecular complexity index is 836. The highest BCUT2D eigenvalue weighted by Gasteiger charge is 2.26. The van der Waals surface area contributed by atoms with E-state index in [1.54, 1.807) is 11.1 Å². The molecule has 2 aliphatic heterocycles. The van der Waals surface area contributed by atoms with Gasteiger partial charge in [-0.15, -0.1) is 11.3 Å². The molecule has 0 atom stereocenters. The van der Waals surface area contributed by atoms with E-state index in [0.717, 1.165) is 37.1 Å². The third-order valence-electron chi connectivity index (χ3n) is 7.03. The van der Waals surface area contributed by atoms with Gasteiger partial charge in [0.05, 0.1) is 4.88 Å². The minimum atomic E-state index is 0.189. The molecule has 29 heavy (non-hydrogen) atoms. The summed E-state index contributed by atoms with van der Waals surface area (Å²) < 4.78 is 0. The molecule has 0 unspecified atom stereocenters. The number of hydrogen-bond acceptors (Lipinski definition) is 4. The molecule has 2 aromatic rings. The van der Waals surface area contributed by atoms with Gasteiger partial charge in [-0.1, -0.05) is 25.0 Å². The van der Waals surface area contributed by atoms with Gasteiger partial charge in [0.15, 0.2) is 0 Å². The summed E-state index contributed by atoms with van der Waals surface area (Å²) in [5.74, 6) is 0.189. The van der Waals surface area contributed by atoms with Crippen LogP contribution in [0.4, 0.5) is 5.69 Å². The van der Waals surface area contributed by atoms with Gasteiger partial charge in [-0.25, -0.2) is 0 Å². The molecule has 1 amide bonds.